The van der Waals surface area contributed by atoms with Crippen molar-refractivity contribution in [2.45, 2.75) is 11.1 Å². The van der Waals surface area contributed by atoms with Crippen molar-refractivity contribution in [3.8, 4) is 28.3 Å². The number of fused-ring (bicyclic) bond motifs is 2. The Kier molecular flexibility index (Phi) is 9.43. The predicted molar refractivity (Wildman–Crippen MR) is 199 cm³/mol. The van der Waals surface area contributed by atoms with Gasteiger partial charge < -0.3 is 19.8 Å². The fraction of sp³-hybridized carbons (Fsp3) is 0.132. The number of nitrogens with zero attached hydrogens (tertiary/aromatic N) is 2. The van der Waals surface area contributed by atoms with E-state index in [-0.39, 0.29) is 23.1 Å². The molecule has 0 saturated carbocycles. The highest BCUT2D eigenvalue weighted by atomic mass is 35.5. The maximum absolute atomic E-state index is 14.4. The summed E-state index contributed by atoms with van der Waals surface area (Å²) in [6, 6.07) is 30.7. The molecule has 7 aromatic rings. The molecule has 3 aromatic heterocycles. The summed E-state index contributed by atoms with van der Waals surface area (Å²) in [4.78, 5) is 36.8. The van der Waals surface area contributed by atoms with Crippen molar-refractivity contribution >= 4 is 61.7 Å². The molecular formula is C38H31ClN4O4S2. The molecule has 0 aliphatic rings. The number of benzene rings is 4. The number of ether oxygens (including phenoxy) is 2. The molecule has 3 heterocycles. The zero-order chi connectivity index (χ0) is 33.9. The molecule has 7 rings (SSSR count). The summed E-state index contributed by atoms with van der Waals surface area (Å²) in [7, 11) is 3.20. The number of nitrogens with one attached hydrogen (secondary N) is 2. The number of para-hydroxylation sites is 3. The number of carbonyl (C=O) groups excluding carboxylic acids is 1. The van der Waals surface area contributed by atoms with Crippen LogP contribution in [-0.4, -0.2) is 47.0 Å². The molecule has 4 aromatic carbocycles. The molecule has 1 atom stereocenters. The van der Waals surface area contributed by atoms with Crippen LogP contribution in [0.4, 0.5) is 0 Å². The molecule has 2 N–H and O–H groups in total. The lowest BCUT2D eigenvalue weighted by molar-refractivity contribution is -0.118. The van der Waals surface area contributed by atoms with Gasteiger partial charge in [0, 0.05) is 51.1 Å². The van der Waals surface area contributed by atoms with E-state index >= 15 is 0 Å². The first-order valence-electron chi connectivity index (χ1n) is 15.5. The van der Waals surface area contributed by atoms with Gasteiger partial charge in [-0.25, -0.2) is 4.98 Å². The summed E-state index contributed by atoms with van der Waals surface area (Å²) < 4.78 is 12.6. The fourth-order valence-electron chi connectivity index (χ4n) is 6.00. The van der Waals surface area contributed by atoms with E-state index in [2.05, 4.69) is 16.4 Å². The Hall–Kier alpha value is -5.03. The molecule has 1 amide bonds. The van der Waals surface area contributed by atoms with Gasteiger partial charge >= 0.3 is 0 Å². The van der Waals surface area contributed by atoms with E-state index < -0.39 is 0 Å². The average molecular weight is 707 g/mol. The van der Waals surface area contributed by atoms with Gasteiger partial charge in [0.1, 0.15) is 16.3 Å². The van der Waals surface area contributed by atoms with Crippen LogP contribution in [0, 0.1) is 0 Å². The monoisotopic (exact) mass is 706 g/mol. The largest absolute Gasteiger partial charge is 0.497 e. The smallest absolute Gasteiger partial charge is 0.268 e. The summed E-state index contributed by atoms with van der Waals surface area (Å²) in [5.74, 6) is 1.00. The van der Waals surface area contributed by atoms with Gasteiger partial charge in [-0.3, -0.25) is 14.2 Å². The number of H-pyrrole nitrogens is 1. The number of methoxy groups -OCH3 is 2. The van der Waals surface area contributed by atoms with Crippen molar-refractivity contribution in [3.05, 3.63) is 135 Å². The Morgan fingerprint density at radius 1 is 0.959 bits per heavy atom. The summed E-state index contributed by atoms with van der Waals surface area (Å²) in [6.07, 6.45) is 2.00. The molecule has 8 nitrogen and oxygen atoms in total. The van der Waals surface area contributed by atoms with Crippen LogP contribution in [-0.2, 0) is 4.79 Å². The summed E-state index contributed by atoms with van der Waals surface area (Å²) in [5, 5.41) is 7.52. The van der Waals surface area contributed by atoms with Gasteiger partial charge in [0.25, 0.3) is 5.56 Å². The molecule has 11 heteroatoms. The number of rotatable bonds is 11. The van der Waals surface area contributed by atoms with E-state index in [0.29, 0.717) is 43.9 Å². The Morgan fingerprint density at radius 3 is 2.51 bits per heavy atom. The van der Waals surface area contributed by atoms with Crippen molar-refractivity contribution in [3.63, 3.8) is 0 Å². The van der Waals surface area contributed by atoms with Crippen molar-refractivity contribution in [2.24, 2.45) is 0 Å². The SMILES string of the molecule is COc1ccc(C(CNC(=O)CSc2nc3scc(-c4ccccc4Cl)c3c(=O)n2-c2ccccc2OC)c2c[nH]c3ccccc23)cc1. The maximum atomic E-state index is 14.4. The van der Waals surface area contributed by atoms with Crippen LogP contribution in [0.1, 0.15) is 17.0 Å². The van der Waals surface area contributed by atoms with Crippen LogP contribution in [0.5, 0.6) is 11.5 Å². The first-order chi connectivity index (χ1) is 24.0. The van der Waals surface area contributed by atoms with Crippen LogP contribution in [0.15, 0.2) is 119 Å². The second kappa shape index (κ2) is 14.2. The molecule has 0 radical (unpaired) electrons. The standard InChI is InChI=1S/C38H31ClN4O4S2/c1-46-24-17-15-23(16-18-24)27(28-20-40-31-12-6-4-10-26(28)31)19-41-34(44)22-49-38-42-36-35(29(21-48-36)25-9-3-5-11-30(25)39)37(45)43(38)32-13-7-8-14-33(32)47-2/h3-18,20-21,27,40H,19,22H2,1-2H3,(H,41,44). The molecule has 0 bridgehead atoms. The highest BCUT2D eigenvalue weighted by molar-refractivity contribution is 7.99. The highest BCUT2D eigenvalue weighted by Gasteiger charge is 2.23. The Balaban J connectivity index is 1.20. The number of amides is 1. The van der Waals surface area contributed by atoms with Crippen molar-refractivity contribution in [1.29, 1.82) is 0 Å². The molecule has 0 spiro atoms. The van der Waals surface area contributed by atoms with Crippen molar-refractivity contribution < 1.29 is 14.3 Å². The van der Waals surface area contributed by atoms with Crippen molar-refractivity contribution in [2.75, 3.05) is 26.5 Å². The Bertz CT molecular complexity index is 2350. The van der Waals surface area contributed by atoms with E-state index in [1.165, 1.54) is 27.7 Å². The van der Waals surface area contributed by atoms with Gasteiger partial charge in [0.15, 0.2) is 5.16 Å². The number of aromatic nitrogens is 3. The van der Waals surface area contributed by atoms with Crippen LogP contribution in [0.2, 0.25) is 5.02 Å². The number of hydrogen-bond donors (Lipinski definition) is 2. The molecule has 0 saturated heterocycles. The lowest BCUT2D eigenvalue weighted by atomic mass is 9.91. The molecular weight excluding hydrogens is 676 g/mol. The maximum Gasteiger partial charge on any atom is 0.268 e. The first kappa shape index (κ1) is 32.5. The Labute approximate surface area is 295 Å². The van der Waals surface area contributed by atoms with Crippen LogP contribution in [0.3, 0.4) is 0 Å². The van der Waals surface area contributed by atoms with Gasteiger partial charge in [-0.2, -0.15) is 0 Å². The number of carbonyl (C=O) groups is 1. The molecule has 246 valence electrons. The third-order valence-electron chi connectivity index (χ3n) is 8.42. The van der Waals surface area contributed by atoms with Crippen LogP contribution >= 0.6 is 34.7 Å². The number of thiophene rings is 1. The normalized spacial score (nSPS) is 11.9. The molecule has 1 unspecified atom stereocenters. The van der Waals surface area contributed by atoms with E-state index in [1.54, 1.807) is 32.4 Å². The second-order valence-corrected chi connectivity index (χ2v) is 13.4. The quantitative estimate of drug-likeness (QED) is 0.104. The number of aromatic amines is 1. The van der Waals surface area contributed by atoms with Crippen molar-refractivity contribution in [1.82, 2.24) is 19.9 Å². The highest BCUT2D eigenvalue weighted by Crippen LogP contribution is 2.37. The number of hydrogen-bond acceptors (Lipinski definition) is 7. The minimum atomic E-state index is -0.271. The number of thioether (sulfide) groups is 1. The Morgan fingerprint density at radius 2 is 1.71 bits per heavy atom. The van der Waals surface area contributed by atoms with Gasteiger partial charge in [0.05, 0.1) is 31.0 Å². The average Bonchev–Trinajstić information content (AvgIpc) is 3.76. The van der Waals surface area contributed by atoms with Crippen LogP contribution in [0.25, 0.3) is 37.9 Å². The van der Waals surface area contributed by atoms with E-state index in [4.69, 9.17) is 26.1 Å². The van der Waals surface area contributed by atoms with Gasteiger partial charge in [-0.15, -0.1) is 11.3 Å². The summed E-state index contributed by atoms with van der Waals surface area (Å²) >= 11 is 9.12. The zero-order valence-corrected chi connectivity index (χ0v) is 29.0. The lowest BCUT2D eigenvalue weighted by Crippen LogP contribution is -2.30. The minimum Gasteiger partial charge on any atom is -0.497 e. The third-order valence-corrected chi connectivity index (χ3v) is 10.6. The topological polar surface area (TPSA) is 98.2 Å². The van der Waals surface area contributed by atoms with E-state index in [1.807, 2.05) is 84.4 Å². The summed E-state index contributed by atoms with van der Waals surface area (Å²) in [6.45, 7) is 0.367. The summed E-state index contributed by atoms with van der Waals surface area (Å²) in [5.41, 5.74) is 4.88. The fourth-order valence-corrected chi connectivity index (χ4v) is 8.05. The molecule has 49 heavy (non-hydrogen) atoms. The van der Waals surface area contributed by atoms with Gasteiger partial charge in [0.2, 0.25) is 5.91 Å². The van der Waals surface area contributed by atoms with E-state index in [0.717, 1.165) is 33.3 Å². The molecule has 0 fully saturated rings. The second-order valence-electron chi connectivity index (χ2n) is 11.2. The lowest BCUT2D eigenvalue weighted by Gasteiger charge is -2.19. The van der Waals surface area contributed by atoms with Crippen LogP contribution < -0.4 is 20.3 Å². The van der Waals surface area contributed by atoms with E-state index in [9.17, 15) is 9.59 Å². The zero-order valence-electron chi connectivity index (χ0n) is 26.6. The molecule has 0 aliphatic carbocycles. The van der Waals surface area contributed by atoms with Gasteiger partial charge in [-0.1, -0.05) is 84.0 Å². The minimum absolute atomic E-state index is 0.0407. The number of halogens is 1. The third kappa shape index (κ3) is 6.42. The molecule has 0 aliphatic heterocycles. The van der Waals surface area contributed by atoms with Gasteiger partial charge in [-0.05, 0) is 47.5 Å². The predicted octanol–water partition coefficient (Wildman–Crippen LogP) is 8.31. The first-order valence-corrected chi connectivity index (χ1v) is 17.7.